The van der Waals surface area contributed by atoms with Gasteiger partial charge in [-0.05, 0) is 35.1 Å². The number of hydrogen-bond acceptors (Lipinski definition) is 4. The predicted molar refractivity (Wildman–Crippen MR) is 60.3 cm³/mol. The Bertz CT molecular complexity index is 424. The molecule has 0 aliphatic carbocycles. The molecule has 0 radical (unpaired) electrons. The molecular weight excluding hydrogens is 264 g/mol. The van der Waals surface area contributed by atoms with Crippen molar-refractivity contribution in [2.75, 3.05) is 7.05 Å². The maximum Gasteiger partial charge on any atom is 0.181 e. The molecule has 2 aromatic rings. The largest absolute Gasteiger partial charge is 0.355 e. The zero-order valence-electron chi connectivity index (χ0n) is 7.58. The highest BCUT2D eigenvalue weighted by Crippen LogP contribution is 2.33. The van der Waals surface area contributed by atoms with Crippen LogP contribution in [0.4, 0.5) is 0 Å². The van der Waals surface area contributed by atoms with Gasteiger partial charge in [0.2, 0.25) is 0 Å². The molecule has 0 atom stereocenters. The van der Waals surface area contributed by atoms with Gasteiger partial charge in [0.25, 0.3) is 0 Å². The van der Waals surface area contributed by atoms with Gasteiger partial charge in [-0.3, -0.25) is 0 Å². The van der Waals surface area contributed by atoms with Gasteiger partial charge in [-0.15, -0.1) is 11.3 Å². The fourth-order valence-corrected chi connectivity index (χ4v) is 2.61. The van der Waals surface area contributed by atoms with E-state index in [4.69, 9.17) is 4.52 Å². The van der Waals surface area contributed by atoms with Crippen molar-refractivity contribution in [2.45, 2.75) is 6.54 Å². The Morgan fingerprint density at radius 3 is 3.07 bits per heavy atom. The fraction of sp³-hybridized carbons (Fsp3) is 0.222. The summed E-state index contributed by atoms with van der Waals surface area (Å²) in [5, 5.41) is 6.88. The normalized spacial score (nSPS) is 10.7. The summed E-state index contributed by atoms with van der Waals surface area (Å²) in [4.78, 5) is 1.10. The average molecular weight is 273 g/mol. The second-order valence-electron chi connectivity index (χ2n) is 2.81. The molecule has 1 N–H and O–H groups in total. The molecule has 0 saturated carbocycles. The highest BCUT2D eigenvalue weighted by Gasteiger charge is 2.11. The van der Waals surface area contributed by atoms with Crippen molar-refractivity contribution in [1.82, 2.24) is 10.5 Å². The van der Waals surface area contributed by atoms with Crippen molar-refractivity contribution in [3.8, 4) is 10.6 Å². The van der Waals surface area contributed by atoms with Crippen molar-refractivity contribution < 1.29 is 4.52 Å². The lowest BCUT2D eigenvalue weighted by atomic mass is 10.2. The minimum atomic E-state index is 0.772. The van der Waals surface area contributed by atoms with Crippen LogP contribution in [0.1, 0.15) is 5.56 Å². The summed E-state index contributed by atoms with van der Waals surface area (Å²) in [5.74, 6) is 0.857. The van der Waals surface area contributed by atoms with E-state index >= 15 is 0 Å². The zero-order valence-corrected chi connectivity index (χ0v) is 9.98. The van der Waals surface area contributed by atoms with Crippen LogP contribution in [0.5, 0.6) is 0 Å². The lowest BCUT2D eigenvalue weighted by Gasteiger charge is -1.96. The molecule has 0 aromatic carbocycles. The Hall–Kier alpha value is -0.650. The van der Waals surface area contributed by atoms with Crippen molar-refractivity contribution in [1.29, 1.82) is 0 Å². The summed E-state index contributed by atoms with van der Waals surface area (Å²) in [5.41, 5.74) is 1.09. The van der Waals surface area contributed by atoms with Crippen LogP contribution >= 0.6 is 27.3 Å². The van der Waals surface area contributed by atoms with E-state index in [0.717, 1.165) is 26.5 Å². The third-order valence-electron chi connectivity index (χ3n) is 1.81. The van der Waals surface area contributed by atoms with E-state index in [2.05, 4.69) is 26.4 Å². The first kappa shape index (κ1) is 9.89. The van der Waals surface area contributed by atoms with Crippen LogP contribution < -0.4 is 5.32 Å². The fourth-order valence-electron chi connectivity index (χ4n) is 1.22. The monoisotopic (exact) mass is 272 g/mol. The SMILES string of the molecule is CNCc1cnoc1-c1ccc(Br)s1. The van der Waals surface area contributed by atoms with Gasteiger partial charge < -0.3 is 9.84 Å². The Balaban J connectivity index is 2.36. The summed E-state index contributed by atoms with van der Waals surface area (Å²) in [7, 11) is 1.90. The van der Waals surface area contributed by atoms with Gasteiger partial charge in [0, 0.05) is 12.1 Å². The number of thiophene rings is 1. The number of nitrogens with one attached hydrogen (secondary N) is 1. The van der Waals surface area contributed by atoms with Gasteiger partial charge in [-0.25, -0.2) is 0 Å². The van der Waals surface area contributed by atoms with Crippen LogP contribution in [0.3, 0.4) is 0 Å². The summed E-state index contributed by atoms with van der Waals surface area (Å²) in [6.45, 7) is 0.772. The van der Waals surface area contributed by atoms with E-state index in [-0.39, 0.29) is 0 Å². The van der Waals surface area contributed by atoms with Crippen molar-refractivity contribution in [2.24, 2.45) is 0 Å². The molecule has 0 spiro atoms. The summed E-state index contributed by atoms with van der Waals surface area (Å²) in [6.07, 6.45) is 1.75. The van der Waals surface area contributed by atoms with E-state index in [1.165, 1.54) is 0 Å². The molecular formula is C9H9BrN2OS. The highest BCUT2D eigenvalue weighted by molar-refractivity contribution is 9.11. The quantitative estimate of drug-likeness (QED) is 0.934. The van der Waals surface area contributed by atoms with Crippen LogP contribution in [-0.4, -0.2) is 12.2 Å². The Labute approximate surface area is 94.2 Å². The second kappa shape index (κ2) is 4.25. The lowest BCUT2D eigenvalue weighted by Crippen LogP contribution is -2.04. The molecule has 74 valence electrons. The van der Waals surface area contributed by atoms with Gasteiger partial charge in [-0.1, -0.05) is 5.16 Å². The molecule has 3 nitrogen and oxygen atoms in total. The number of halogens is 1. The van der Waals surface area contributed by atoms with Crippen LogP contribution in [0.25, 0.3) is 10.6 Å². The van der Waals surface area contributed by atoms with Gasteiger partial charge >= 0.3 is 0 Å². The molecule has 0 amide bonds. The van der Waals surface area contributed by atoms with Gasteiger partial charge in [0.15, 0.2) is 5.76 Å². The number of rotatable bonds is 3. The topological polar surface area (TPSA) is 38.1 Å². The van der Waals surface area contributed by atoms with E-state index in [0.29, 0.717) is 0 Å². The van der Waals surface area contributed by atoms with Crippen molar-refractivity contribution >= 4 is 27.3 Å². The smallest absolute Gasteiger partial charge is 0.181 e. The summed E-state index contributed by atoms with van der Waals surface area (Å²) < 4.78 is 6.31. The highest BCUT2D eigenvalue weighted by atomic mass is 79.9. The number of aromatic nitrogens is 1. The second-order valence-corrected chi connectivity index (χ2v) is 5.28. The molecule has 0 saturated heterocycles. The van der Waals surface area contributed by atoms with E-state index < -0.39 is 0 Å². The maximum atomic E-state index is 5.22. The van der Waals surface area contributed by atoms with Crippen LogP contribution in [0.15, 0.2) is 26.6 Å². The molecule has 14 heavy (non-hydrogen) atoms. The number of hydrogen-bond donors (Lipinski definition) is 1. The Morgan fingerprint density at radius 1 is 1.57 bits per heavy atom. The molecule has 5 heteroatoms. The molecule has 2 rings (SSSR count). The maximum absolute atomic E-state index is 5.22. The summed E-state index contributed by atoms with van der Waals surface area (Å²) >= 11 is 5.06. The first-order valence-electron chi connectivity index (χ1n) is 4.15. The van der Waals surface area contributed by atoms with E-state index in [1.807, 2.05) is 19.2 Å². The summed E-state index contributed by atoms with van der Waals surface area (Å²) in [6, 6.07) is 4.03. The molecule has 2 heterocycles. The molecule has 0 aliphatic heterocycles. The van der Waals surface area contributed by atoms with Gasteiger partial charge in [0.05, 0.1) is 14.9 Å². The van der Waals surface area contributed by atoms with Crippen LogP contribution in [-0.2, 0) is 6.54 Å². The molecule has 0 unspecified atom stereocenters. The Morgan fingerprint density at radius 2 is 2.43 bits per heavy atom. The Kier molecular flexibility index (Phi) is 3.00. The lowest BCUT2D eigenvalue weighted by molar-refractivity contribution is 0.432. The van der Waals surface area contributed by atoms with Gasteiger partial charge in [-0.2, -0.15) is 0 Å². The van der Waals surface area contributed by atoms with Crippen LogP contribution in [0.2, 0.25) is 0 Å². The molecule has 2 aromatic heterocycles. The predicted octanol–water partition coefficient (Wildman–Crippen LogP) is 2.89. The first-order chi connectivity index (χ1) is 6.81. The van der Waals surface area contributed by atoms with Crippen molar-refractivity contribution in [3.05, 3.63) is 27.7 Å². The third-order valence-corrected chi connectivity index (χ3v) is 3.43. The molecule has 0 bridgehead atoms. The minimum absolute atomic E-state index is 0.772. The van der Waals surface area contributed by atoms with Gasteiger partial charge in [0.1, 0.15) is 0 Å². The standard InChI is InChI=1S/C9H9BrN2OS/c1-11-4-6-5-12-13-9(6)7-2-3-8(10)14-7/h2-3,5,11H,4H2,1H3. The van der Waals surface area contributed by atoms with Crippen LogP contribution in [0, 0.1) is 0 Å². The average Bonchev–Trinajstić information content (AvgIpc) is 2.74. The van der Waals surface area contributed by atoms with Crippen molar-refractivity contribution in [3.63, 3.8) is 0 Å². The zero-order chi connectivity index (χ0) is 9.97. The first-order valence-corrected chi connectivity index (χ1v) is 5.76. The van der Waals surface area contributed by atoms with E-state index in [1.54, 1.807) is 17.5 Å². The van der Waals surface area contributed by atoms with E-state index in [9.17, 15) is 0 Å². The molecule has 0 fully saturated rings. The minimum Gasteiger partial charge on any atom is -0.355 e. The molecule has 0 aliphatic rings. The number of nitrogens with zero attached hydrogens (tertiary/aromatic N) is 1. The third kappa shape index (κ3) is 1.89.